The van der Waals surface area contributed by atoms with Gasteiger partial charge in [0.05, 0.1) is 0 Å². The van der Waals surface area contributed by atoms with Crippen molar-refractivity contribution in [2.24, 2.45) is 11.3 Å². The van der Waals surface area contributed by atoms with Crippen LogP contribution in [-0.4, -0.2) is 4.75 Å². The lowest BCUT2D eigenvalue weighted by Crippen LogP contribution is -2.27. The van der Waals surface area contributed by atoms with Crippen LogP contribution in [0.3, 0.4) is 0 Å². The van der Waals surface area contributed by atoms with E-state index in [1.54, 1.807) is 0 Å². The lowest BCUT2D eigenvalue weighted by molar-refractivity contribution is 0.291. The van der Waals surface area contributed by atoms with E-state index in [4.69, 9.17) is 12.6 Å². The van der Waals surface area contributed by atoms with Crippen LogP contribution in [0.2, 0.25) is 0 Å². The number of thiol groups is 1. The molecule has 0 heterocycles. The fourth-order valence-corrected chi connectivity index (χ4v) is 3.40. The van der Waals surface area contributed by atoms with E-state index in [1.807, 2.05) is 0 Å². The lowest BCUT2D eigenvalue weighted by atomic mass is 9.73. The molecule has 0 aromatic heterocycles. The van der Waals surface area contributed by atoms with Crippen molar-refractivity contribution in [3.05, 3.63) is 12.2 Å². The van der Waals surface area contributed by atoms with Crippen molar-refractivity contribution < 1.29 is 0 Å². The molecule has 1 heteroatoms. The van der Waals surface area contributed by atoms with Crippen LogP contribution in [0.1, 0.15) is 33.1 Å². The van der Waals surface area contributed by atoms with Gasteiger partial charge in [-0.3, -0.25) is 0 Å². The summed E-state index contributed by atoms with van der Waals surface area (Å²) in [7, 11) is 0. The molecule has 0 amide bonds. The first kappa shape index (κ1) is 7.72. The Morgan fingerprint density at radius 2 is 2.18 bits per heavy atom. The van der Waals surface area contributed by atoms with Gasteiger partial charge in [0.1, 0.15) is 0 Å². The Kier molecular flexibility index (Phi) is 1.32. The average molecular weight is 168 g/mol. The summed E-state index contributed by atoms with van der Waals surface area (Å²) in [4.78, 5) is 0. The van der Waals surface area contributed by atoms with Crippen molar-refractivity contribution in [3.63, 3.8) is 0 Å². The number of fused-ring (bicyclic) bond motifs is 2. The summed E-state index contributed by atoms with van der Waals surface area (Å²) in [6.07, 6.45) is 3.88. The second kappa shape index (κ2) is 1.87. The highest BCUT2D eigenvalue weighted by Crippen LogP contribution is 2.63. The molecule has 62 valence electrons. The predicted octanol–water partition coefficient (Wildman–Crippen LogP) is 3.05. The Morgan fingerprint density at radius 3 is 2.45 bits per heavy atom. The molecule has 0 unspecified atom stereocenters. The molecule has 2 fully saturated rings. The number of hydrogen-bond acceptors (Lipinski definition) is 1. The minimum absolute atomic E-state index is 0.203. The smallest absolute Gasteiger partial charge is 0.0343 e. The van der Waals surface area contributed by atoms with Crippen molar-refractivity contribution in [2.45, 2.75) is 37.9 Å². The highest BCUT2D eigenvalue weighted by Gasteiger charge is 2.55. The molecule has 0 N–H and O–H groups in total. The van der Waals surface area contributed by atoms with E-state index in [2.05, 4.69) is 20.4 Å². The summed E-state index contributed by atoms with van der Waals surface area (Å²) in [6.45, 7) is 8.82. The van der Waals surface area contributed by atoms with Gasteiger partial charge in [0.15, 0.2) is 0 Å². The van der Waals surface area contributed by atoms with Gasteiger partial charge in [-0.25, -0.2) is 0 Å². The van der Waals surface area contributed by atoms with E-state index in [9.17, 15) is 0 Å². The zero-order valence-corrected chi connectivity index (χ0v) is 8.25. The van der Waals surface area contributed by atoms with E-state index in [1.165, 1.54) is 24.8 Å². The molecule has 0 radical (unpaired) electrons. The fraction of sp³-hybridized carbons (Fsp3) is 0.800. The standard InChI is InChI=1S/C10H16S/c1-7-9(2,3)8-4-5-10(7,11)6-8/h8,11H,1,4-6H2,2-3H3/t8-,10-/m1/s1. The highest BCUT2D eigenvalue weighted by molar-refractivity contribution is 7.82. The van der Waals surface area contributed by atoms with Crippen LogP contribution in [0, 0.1) is 11.3 Å². The molecule has 2 bridgehead atoms. The first-order valence-corrected chi connectivity index (χ1v) is 4.84. The van der Waals surface area contributed by atoms with Gasteiger partial charge in [-0.2, -0.15) is 12.6 Å². The second-order valence-corrected chi connectivity index (χ2v) is 5.53. The van der Waals surface area contributed by atoms with Gasteiger partial charge in [0.25, 0.3) is 0 Å². The second-order valence-electron chi connectivity index (χ2n) is 4.67. The summed E-state index contributed by atoms with van der Waals surface area (Å²) in [5.74, 6) is 0.854. The van der Waals surface area contributed by atoms with Gasteiger partial charge in [0.2, 0.25) is 0 Å². The molecule has 2 rings (SSSR count). The van der Waals surface area contributed by atoms with Crippen molar-refractivity contribution in [1.29, 1.82) is 0 Å². The minimum Gasteiger partial charge on any atom is -0.168 e. The van der Waals surface area contributed by atoms with Gasteiger partial charge in [-0.1, -0.05) is 26.0 Å². The summed E-state index contributed by atoms with van der Waals surface area (Å²) < 4.78 is 0.203. The first-order valence-electron chi connectivity index (χ1n) is 4.39. The predicted molar refractivity (Wildman–Crippen MR) is 52.0 cm³/mol. The molecule has 0 aliphatic heterocycles. The largest absolute Gasteiger partial charge is 0.168 e. The molecule has 0 nitrogen and oxygen atoms in total. The average Bonchev–Trinajstić information content (AvgIpc) is 2.36. The van der Waals surface area contributed by atoms with E-state index < -0.39 is 0 Å². The molecule has 0 saturated heterocycles. The van der Waals surface area contributed by atoms with E-state index in [-0.39, 0.29) is 4.75 Å². The topological polar surface area (TPSA) is 0 Å². The molecule has 2 aliphatic rings. The SMILES string of the molecule is C=C1C(C)(C)[C@@H]2CC[C@@]1(S)C2. The molecule has 2 aliphatic carbocycles. The van der Waals surface area contributed by atoms with Crippen molar-refractivity contribution in [3.8, 4) is 0 Å². The maximum Gasteiger partial charge on any atom is 0.0343 e. The van der Waals surface area contributed by atoms with Crippen LogP contribution < -0.4 is 0 Å². The number of rotatable bonds is 0. The highest BCUT2D eigenvalue weighted by atomic mass is 32.1. The lowest BCUT2D eigenvalue weighted by Gasteiger charge is -2.35. The van der Waals surface area contributed by atoms with Crippen molar-refractivity contribution in [1.82, 2.24) is 0 Å². The normalized spacial score (nSPS) is 46.8. The zero-order chi connectivity index (χ0) is 8.28. The van der Waals surface area contributed by atoms with Crippen molar-refractivity contribution >= 4 is 12.6 Å². The monoisotopic (exact) mass is 168 g/mol. The Labute approximate surface area is 74.5 Å². The molecular formula is C10H16S. The Morgan fingerprint density at radius 1 is 1.55 bits per heavy atom. The molecule has 0 aromatic rings. The van der Waals surface area contributed by atoms with E-state index in [0.29, 0.717) is 5.41 Å². The quantitative estimate of drug-likeness (QED) is 0.417. The van der Waals surface area contributed by atoms with Crippen LogP contribution in [-0.2, 0) is 0 Å². The summed E-state index contributed by atoms with van der Waals surface area (Å²) in [6, 6.07) is 0. The Hall–Kier alpha value is 0.0900. The molecule has 2 atom stereocenters. The molecule has 0 aromatic carbocycles. The van der Waals surface area contributed by atoms with Gasteiger partial charge in [-0.05, 0) is 30.6 Å². The number of hydrogen-bond donors (Lipinski definition) is 1. The summed E-state index contributed by atoms with van der Waals surface area (Å²) in [5, 5.41) is 0. The summed E-state index contributed by atoms with van der Waals surface area (Å²) >= 11 is 4.73. The van der Waals surface area contributed by atoms with Crippen LogP contribution in [0.25, 0.3) is 0 Å². The van der Waals surface area contributed by atoms with Gasteiger partial charge in [-0.15, -0.1) is 0 Å². The van der Waals surface area contributed by atoms with Crippen LogP contribution in [0.15, 0.2) is 12.2 Å². The molecular weight excluding hydrogens is 152 g/mol. The van der Waals surface area contributed by atoms with Gasteiger partial charge >= 0.3 is 0 Å². The van der Waals surface area contributed by atoms with Crippen LogP contribution in [0.4, 0.5) is 0 Å². The van der Waals surface area contributed by atoms with Crippen LogP contribution in [0.5, 0.6) is 0 Å². The third-order valence-electron chi connectivity index (χ3n) is 3.85. The maximum absolute atomic E-state index is 4.73. The minimum atomic E-state index is 0.203. The Bertz CT molecular complexity index is 210. The third-order valence-corrected chi connectivity index (χ3v) is 4.53. The van der Waals surface area contributed by atoms with Gasteiger partial charge in [0, 0.05) is 4.75 Å². The van der Waals surface area contributed by atoms with Crippen molar-refractivity contribution in [2.75, 3.05) is 0 Å². The first-order chi connectivity index (χ1) is 4.97. The fourth-order valence-electron chi connectivity index (χ4n) is 2.76. The van der Waals surface area contributed by atoms with Gasteiger partial charge < -0.3 is 0 Å². The van der Waals surface area contributed by atoms with Crippen LogP contribution >= 0.6 is 12.6 Å². The Balaban J connectivity index is 2.42. The molecule has 2 saturated carbocycles. The van der Waals surface area contributed by atoms with E-state index >= 15 is 0 Å². The third kappa shape index (κ3) is 0.780. The molecule has 0 spiro atoms. The molecule has 11 heavy (non-hydrogen) atoms. The summed E-state index contributed by atoms with van der Waals surface area (Å²) in [5.41, 5.74) is 1.74. The zero-order valence-electron chi connectivity index (χ0n) is 7.35. The maximum atomic E-state index is 4.73. The van der Waals surface area contributed by atoms with E-state index in [0.717, 1.165) is 5.92 Å².